The number of hydrogen-bond acceptors (Lipinski definition) is 5. The van der Waals surface area contributed by atoms with E-state index in [0.29, 0.717) is 5.57 Å². The maximum atomic E-state index is 12.2. The Bertz CT molecular complexity index is 534. The van der Waals surface area contributed by atoms with E-state index in [1.54, 1.807) is 13.0 Å². The lowest BCUT2D eigenvalue weighted by molar-refractivity contribution is -0.139. The molecule has 0 saturated carbocycles. The van der Waals surface area contributed by atoms with Gasteiger partial charge in [0.05, 0.1) is 30.9 Å². The van der Waals surface area contributed by atoms with E-state index in [0.717, 1.165) is 12.8 Å². The van der Waals surface area contributed by atoms with Gasteiger partial charge in [-0.3, -0.25) is 9.59 Å². The molecule has 2 amide bonds. The quantitative estimate of drug-likeness (QED) is 0.463. The van der Waals surface area contributed by atoms with Crippen molar-refractivity contribution in [2.75, 3.05) is 12.5 Å². The predicted molar refractivity (Wildman–Crippen MR) is 98.8 cm³/mol. The van der Waals surface area contributed by atoms with Crippen LogP contribution in [-0.4, -0.2) is 54.6 Å². The van der Waals surface area contributed by atoms with E-state index in [9.17, 15) is 14.4 Å². The molecule has 3 atom stereocenters. The number of carbonyl (C=O) groups excluding carboxylic acids is 3. The molecule has 26 heavy (non-hydrogen) atoms. The van der Waals surface area contributed by atoms with Crippen molar-refractivity contribution in [1.82, 2.24) is 10.6 Å². The van der Waals surface area contributed by atoms with Crippen LogP contribution in [0.5, 0.6) is 0 Å². The van der Waals surface area contributed by atoms with Gasteiger partial charge >= 0.3 is 5.97 Å². The number of esters is 1. The smallest absolute Gasteiger partial charge is 0.333 e. The van der Waals surface area contributed by atoms with E-state index in [1.807, 2.05) is 13.8 Å². The highest BCUT2D eigenvalue weighted by Crippen LogP contribution is 2.25. The van der Waals surface area contributed by atoms with Crippen LogP contribution in [0.2, 0.25) is 0 Å². The van der Waals surface area contributed by atoms with Crippen LogP contribution in [-0.2, 0) is 23.9 Å². The summed E-state index contributed by atoms with van der Waals surface area (Å²) in [6, 6.07) is -1.02. The molecule has 0 saturated heterocycles. The van der Waals surface area contributed by atoms with E-state index < -0.39 is 24.2 Å². The SMILES string of the molecule is CCOC(=O)C1=C[C@@H](OC(CC)CC)[C@H](NC(C)=O)[C@@H](NC(=O)CCl)C1. The molecule has 1 aliphatic carbocycles. The third-order valence-electron chi connectivity index (χ3n) is 4.23. The average molecular weight is 389 g/mol. The van der Waals surface area contributed by atoms with E-state index in [1.165, 1.54) is 6.92 Å². The van der Waals surface area contributed by atoms with E-state index >= 15 is 0 Å². The Hall–Kier alpha value is -1.60. The van der Waals surface area contributed by atoms with E-state index in [2.05, 4.69) is 10.6 Å². The third-order valence-corrected chi connectivity index (χ3v) is 4.47. The number of ether oxygens (including phenoxy) is 2. The zero-order valence-corrected chi connectivity index (χ0v) is 16.6. The summed E-state index contributed by atoms with van der Waals surface area (Å²) in [7, 11) is 0. The summed E-state index contributed by atoms with van der Waals surface area (Å²) in [5.74, 6) is -1.28. The zero-order chi connectivity index (χ0) is 19.7. The van der Waals surface area contributed by atoms with E-state index in [-0.39, 0.29) is 36.8 Å². The van der Waals surface area contributed by atoms with Crippen molar-refractivity contribution in [3.63, 3.8) is 0 Å². The lowest BCUT2D eigenvalue weighted by Gasteiger charge is -2.38. The van der Waals surface area contributed by atoms with Crippen LogP contribution in [0.3, 0.4) is 0 Å². The van der Waals surface area contributed by atoms with Crippen LogP contribution in [0.15, 0.2) is 11.6 Å². The number of carbonyl (C=O) groups is 3. The molecule has 7 nitrogen and oxygen atoms in total. The molecule has 0 spiro atoms. The van der Waals surface area contributed by atoms with Gasteiger partial charge in [0.25, 0.3) is 0 Å². The van der Waals surface area contributed by atoms with Crippen molar-refractivity contribution < 1.29 is 23.9 Å². The third kappa shape index (κ3) is 6.61. The minimum absolute atomic E-state index is 0.0292. The second kappa shape index (κ2) is 11.2. The van der Waals surface area contributed by atoms with Crippen LogP contribution in [0.1, 0.15) is 47.0 Å². The summed E-state index contributed by atoms with van der Waals surface area (Å²) in [6.45, 7) is 7.40. The molecule has 8 heteroatoms. The summed E-state index contributed by atoms with van der Waals surface area (Å²) in [4.78, 5) is 35.7. The maximum Gasteiger partial charge on any atom is 0.333 e. The Kier molecular flexibility index (Phi) is 9.65. The molecule has 148 valence electrons. The summed E-state index contributed by atoms with van der Waals surface area (Å²) in [5, 5.41) is 5.61. The van der Waals surface area contributed by atoms with Gasteiger partial charge in [-0.15, -0.1) is 11.6 Å². The fourth-order valence-electron chi connectivity index (χ4n) is 2.97. The lowest BCUT2D eigenvalue weighted by Crippen LogP contribution is -2.59. The van der Waals surface area contributed by atoms with Gasteiger partial charge in [0.2, 0.25) is 11.8 Å². The minimum Gasteiger partial charge on any atom is -0.463 e. The van der Waals surface area contributed by atoms with Gasteiger partial charge in [0.1, 0.15) is 5.88 Å². The average Bonchev–Trinajstić information content (AvgIpc) is 2.61. The topological polar surface area (TPSA) is 93.7 Å². The first kappa shape index (κ1) is 22.4. The molecule has 1 aliphatic rings. The van der Waals surface area contributed by atoms with Crippen molar-refractivity contribution in [1.29, 1.82) is 0 Å². The van der Waals surface area contributed by atoms with Gasteiger partial charge in [-0.25, -0.2) is 4.79 Å². The Labute approximate surface area is 159 Å². The monoisotopic (exact) mass is 388 g/mol. The van der Waals surface area contributed by atoms with Crippen LogP contribution in [0.25, 0.3) is 0 Å². The number of nitrogens with one attached hydrogen (secondary N) is 2. The molecule has 1 rings (SSSR count). The van der Waals surface area contributed by atoms with Crippen molar-refractivity contribution >= 4 is 29.4 Å². The van der Waals surface area contributed by atoms with Crippen molar-refractivity contribution in [2.24, 2.45) is 0 Å². The molecular formula is C18H29ClN2O5. The first-order valence-corrected chi connectivity index (χ1v) is 9.55. The Morgan fingerprint density at radius 1 is 1.23 bits per heavy atom. The van der Waals surface area contributed by atoms with Crippen molar-refractivity contribution in [2.45, 2.75) is 71.2 Å². The first-order chi connectivity index (χ1) is 12.4. The van der Waals surface area contributed by atoms with Gasteiger partial charge in [0.15, 0.2) is 0 Å². The highest BCUT2D eigenvalue weighted by molar-refractivity contribution is 6.27. The molecular weight excluding hydrogens is 360 g/mol. The van der Waals surface area contributed by atoms with Gasteiger partial charge in [-0.05, 0) is 25.8 Å². The van der Waals surface area contributed by atoms with Gasteiger partial charge in [-0.1, -0.05) is 13.8 Å². The second-order valence-corrected chi connectivity index (χ2v) is 6.46. The van der Waals surface area contributed by atoms with Crippen LogP contribution >= 0.6 is 11.6 Å². The zero-order valence-electron chi connectivity index (χ0n) is 15.8. The molecule has 0 aromatic carbocycles. The van der Waals surface area contributed by atoms with Crippen LogP contribution < -0.4 is 10.6 Å². The fourth-order valence-corrected chi connectivity index (χ4v) is 3.05. The van der Waals surface area contributed by atoms with Gasteiger partial charge in [-0.2, -0.15) is 0 Å². The Morgan fingerprint density at radius 2 is 1.88 bits per heavy atom. The number of amides is 2. The molecule has 2 N–H and O–H groups in total. The van der Waals surface area contributed by atoms with Gasteiger partial charge in [0, 0.05) is 18.9 Å². The number of rotatable bonds is 9. The molecule has 0 bridgehead atoms. The fraction of sp³-hybridized carbons (Fsp3) is 0.722. The maximum absolute atomic E-state index is 12.2. The number of hydrogen-bond donors (Lipinski definition) is 2. The second-order valence-electron chi connectivity index (χ2n) is 6.19. The molecule has 0 fully saturated rings. The van der Waals surface area contributed by atoms with Crippen molar-refractivity contribution in [3.05, 3.63) is 11.6 Å². The standard InChI is InChI=1S/C18H29ClN2O5/c1-5-13(6-2)26-15-9-12(18(24)25-7-3)8-14(21-16(23)10-19)17(15)20-11(4)22/h9,13-15,17H,5-8,10H2,1-4H3,(H,20,22)(H,21,23)/t14-,15+,17+/m0/s1. The minimum atomic E-state index is -0.558. The highest BCUT2D eigenvalue weighted by Gasteiger charge is 2.38. The molecule has 0 radical (unpaired) electrons. The van der Waals surface area contributed by atoms with Crippen molar-refractivity contribution in [3.8, 4) is 0 Å². The van der Waals surface area contributed by atoms with E-state index in [4.69, 9.17) is 21.1 Å². The molecule has 0 aromatic rings. The predicted octanol–water partition coefficient (Wildman–Crippen LogP) is 1.68. The molecule has 0 aromatic heterocycles. The van der Waals surface area contributed by atoms with Gasteiger partial charge < -0.3 is 20.1 Å². The number of halogens is 1. The largest absolute Gasteiger partial charge is 0.463 e. The normalized spacial score (nSPS) is 22.5. The number of alkyl halides is 1. The lowest BCUT2D eigenvalue weighted by atomic mass is 9.87. The summed E-state index contributed by atoms with van der Waals surface area (Å²) in [6.07, 6.45) is 2.92. The Balaban J connectivity index is 3.18. The Morgan fingerprint density at radius 3 is 2.38 bits per heavy atom. The first-order valence-electron chi connectivity index (χ1n) is 9.01. The molecule has 0 unspecified atom stereocenters. The summed E-state index contributed by atoms with van der Waals surface area (Å²) < 4.78 is 11.2. The summed E-state index contributed by atoms with van der Waals surface area (Å²) >= 11 is 5.60. The summed E-state index contributed by atoms with van der Waals surface area (Å²) in [5.41, 5.74) is 0.421. The molecule has 0 aliphatic heterocycles. The molecule has 0 heterocycles. The van der Waals surface area contributed by atoms with Crippen LogP contribution in [0, 0.1) is 0 Å². The highest BCUT2D eigenvalue weighted by atomic mass is 35.5. The van der Waals surface area contributed by atoms with Crippen LogP contribution in [0.4, 0.5) is 0 Å².